The predicted octanol–water partition coefficient (Wildman–Crippen LogP) is 24.3. The van der Waals surface area contributed by atoms with Crippen molar-refractivity contribution in [3.8, 4) is 5.75 Å². The van der Waals surface area contributed by atoms with E-state index >= 15 is 0 Å². The summed E-state index contributed by atoms with van der Waals surface area (Å²) < 4.78 is 30.5. The van der Waals surface area contributed by atoms with Crippen LogP contribution >= 0.6 is 69.6 Å². The minimum atomic E-state index is -0.480. The van der Waals surface area contributed by atoms with Crippen LogP contribution in [0.25, 0.3) is 0 Å². The van der Waals surface area contributed by atoms with Crippen molar-refractivity contribution in [3.63, 3.8) is 0 Å². The third-order valence-corrected chi connectivity index (χ3v) is 29.9. The van der Waals surface area contributed by atoms with Crippen molar-refractivity contribution in [2.24, 2.45) is 43.6 Å². The molecular formula is C114H141Cl6FN14O10. The Kier molecular flexibility index (Phi) is 46.0. The number of carbonyl (C=O) groups is 6. The first kappa shape index (κ1) is 113. The summed E-state index contributed by atoms with van der Waals surface area (Å²) in [6, 6.07) is 44.0. The molecule has 31 heteroatoms. The maximum absolute atomic E-state index is 14.1. The number of aliphatic imine (C=N–C) groups is 4. The molecule has 2 saturated heterocycles. The summed E-state index contributed by atoms with van der Waals surface area (Å²) in [6.07, 6.45) is 32.3. The van der Waals surface area contributed by atoms with E-state index in [2.05, 4.69) is 40.4 Å². The number of aromatic hydroxyl groups is 1. The summed E-state index contributed by atoms with van der Waals surface area (Å²) in [7, 11) is 0. The number of amides is 6. The van der Waals surface area contributed by atoms with Crippen LogP contribution in [0.1, 0.15) is 235 Å². The Hall–Kier alpha value is -10.5. The Morgan fingerprint density at radius 3 is 1.10 bits per heavy atom. The number of allylic oxidation sites excluding steroid dienone is 4. The number of aromatic nitrogens is 4. The number of phenols is 1. The molecule has 776 valence electrons. The number of H-pyrrole nitrogens is 2. The monoisotopic (exact) mass is 2090 g/mol. The second kappa shape index (κ2) is 58.9. The summed E-state index contributed by atoms with van der Waals surface area (Å²) >= 11 is 37.8. The maximum Gasteiger partial charge on any atom is 0.274 e. The molecule has 0 spiro atoms. The highest BCUT2D eigenvalue weighted by Crippen LogP contribution is 2.36. The van der Waals surface area contributed by atoms with Gasteiger partial charge in [0.2, 0.25) is 0 Å². The van der Waals surface area contributed by atoms with Gasteiger partial charge in [0.1, 0.15) is 23.0 Å². The fourth-order valence-electron chi connectivity index (χ4n) is 19.4. The summed E-state index contributed by atoms with van der Waals surface area (Å²) in [4.78, 5) is 106. The van der Waals surface area contributed by atoms with E-state index in [-0.39, 0.29) is 53.8 Å². The number of aryl methyl sites for hydroxylation is 2. The number of ether oxygens (including phenoxy) is 3. The molecule has 3 N–H and O–H groups in total. The molecule has 6 aliphatic heterocycles. The Morgan fingerprint density at radius 2 is 0.731 bits per heavy atom. The zero-order valence-electron chi connectivity index (χ0n) is 84.9. The minimum absolute atomic E-state index is 0.0277. The highest BCUT2D eigenvalue weighted by atomic mass is 35.5. The second-order valence-corrected chi connectivity index (χ2v) is 41.3. The van der Waals surface area contributed by atoms with Gasteiger partial charge in [-0.2, -0.15) is 10.2 Å². The van der Waals surface area contributed by atoms with Gasteiger partial charge in [-0.15, -0.1) is 0 Å². The van der Waals surface area contributed by atoms with E-state index < -0.39 is 5.82 Å². The topological polar surface area (TPSA) is 277 Å². The number of hydrogen-bond donors (Lipinski definition) is 3. The van der Waals surface area contributed by atoms with Crippen molar-refractivity contribution in [1.82, 2.24) is 49.8 Å². The average Bonchev–Trinajstić information content (AvgIpc) is 1.81. The van der Waals surface area contributed by atoms with Crippen molar-refractivity contribution in [2.45, 2.75) is 229 Å². The predicted molar refractivity (Wildman–Crippen MR) is 580 cm³/mol. The standard InChI is InChI=1S/C20H24Cl2N2O.C20H26ClN3O.C20H25ClN2O2.C20H25FN2O2.C18H21ClN2O2.C16H20ClN3O2/c1-14-11-16(12-23-14)20(25)24(10-9-15-5-2-3-6-15)13-17-18(21)7-4-8-19(17)22;1-15-13-19(23-22-15)20(25)24(12-11-16-7-3-2-4-8-16)14-17-9-5-6-10-18(17)21;1-15-11-18(12-22-15)20(24)23(9-8-16-5-4-10-25-14-16)13-17-6-2-3-7-19(17)21;1-14-10-17(12-22-14)20(25)23(9-8-15-4-2-3-5-15)13-16-6-7-18(24)11-19(16)21;1-13-10-15(11-20-13)18(22)21(16-6-8-23-9-7-16)12-14-4-2-3-5-17(14)19;1-3-22-9-8-20(11-13-6-4-5-7-14(13)17)16(21)15-10-12(2)18-19-15/h4,7-8,11,15H,2-3,5-6,9-10,12-13H2,1H3;5-6,9-10,13,16H,2-4,7-8,11-12,14H2,1H3,(H,22,23);2-3,6-7,11,16H,4-5,8-10,12-14H2,1H3;6-7,10-11,15,24H,2-5,8-9,12-13H2,1H3;2-5,10,16H,6-9,11-12H2,1H3;4-7,10H,3,8-9,11H2,1-2H3,(H,18,19). The Balaban J connectivity index is 0.000000155. The van der Waals surface area contributed by atoms with Crippen molar-refractivity contribution < 1.29 is 52.5 Å². The average molecular weight is 2100 g/mol. The van der Waals surface area contributed by atoms with E-state index in [0.717, 1.165) is 168 Å². The molecule has 145 heavy (non-hydrogen) atoms. The Morgan fingerprint density at radius 1 is 0.379 bits per heavy atom. The first-order valence-corrected chi connectivity index (χ1v) is 53.6. The first-order valence-electron chi connectivity index (χ1n) is 51.3. The molecule has 24 nitrogen and oxygen atoms in total. The molecule has 17 rings (SSSR count). The van der Waals surface area contributed by atoms with E-state index in [4.69, 9.17) is 83.8 Å². The minimum Gasteiger partial charge on any atom is -0.508 e. The zero-order valence-corrected chi connectivity index (χ0v) is 89.4. The number of halogens is 7. The zero-order chi connectivity index (χ0) is 103. The van der Waals surface area contributed by atoms with Crippen LogP contribution in [-0.2, 0) is 72.7 Å². The van der Waals surface area contributed by atoms with Gasteiger partial charge >= 0.3 is 0 Å². The number of aromatic amines is 2. The molecule has 1 unspecified atom stereocenters. The molecule has 2 aromatic heterocycles. The smallest absolute Gasteiger partial charge is 0.274 e. The molecule has 6 amide bonds. The molecule has 0 radical (unpaired) electrons. The van der Waals surface area contributed by atoms with Crippen molar-refractivity contribution in [2.75, 3.05) is 98.5 Å². The Bertz CT molecular complexity index is 5880. The molecule has 1 atom stereocenters. The van der Waals surface area contributed by atoms with E-state index in [1.807, 2.05) is 214 Å². The molecule has 5 fully saturated rings. The Labute approximate surface area is 884 Å². The number of benzene rings is 6. The summed E-state index contributed by atoms with van der Waals surface area (Å²) in [6.45, 7) is 25.4. The second-order valence-electron chi connectivity index (χ2n) is 38.9. The van der Waals surface area contributed by atoms with Crippen LogP contribution in [0.2, 0.25) is 30.1 Å². The lowest BCUT2D eigenvalue weighted by Gasteiger charge is -2.35. The summed E-state index contributed by atoms with van der Waals surface area (Å²) in [5.41, 5.74) is 14.3. The summed E-state index contributed by atoms with van der Waals surface area (Å²) in [5.74, 6) is 2.03. The maximum atomic E-state index is 14.1. The van der Waals surface area contributed by atoms with Crippen molar-refractivity contribution >= 4 is 128 Å². The highest BCUT2D eigenvalue weighted by molar-refractivity contribution is 6.36. The number of phenolic OH excluding ortho intramolecular Hbond substituents is 1. The number of rotatable bonds is 35. The first-order chi connectivity index (χ1) is 70.1. The van der Waals surface area contributed by atoms with Gasteiger partial charge in [-0.05, 0) is 225 Å². The van der Waals surface area contributed by atoms with Crippen LogP contribution in [-0.4, -0.2) is 218 Å². The van der Waals surface area contributed by atoms with Crippen LogP contribution in [0.5, 0.6) is 5.75 Å². The molecule has 9 aliphatic rings. The van der Waals surface area contributed by atoms with Crippen molar-refractivity contribution in [3.05, 3.63) is 284 Å². The SMILES string of the molecule is CC1=NCC(C(=O)N(CCC2CCCC2)Cc2c(Cl)cccc2Cl)=C1.CC1=NCC(C(=O)N(CCC2CCCC2)Cc2ccc(O)cc2F)=C1.CC1=NCC(C(=O)N(CCC2CCCOC2)Cc2ccccc2Cl)=C1.CC1=NCC(C(=O)N(Cc2ccccc2Cl)C2CCOCC2)=C1.CCOCCN(Cc1ccccc1Cl)C(=O)c1cc(C)[nH]n1.Cc1cc(C(=O)N(CCC2CCCCC2)Cc2ccccc2Cl)n[nH]1. The van der Waals surface area contributed by atoms with Crippen molar-refractivity contribution in [1.29, 1.82) is 0 Å². The third-order valence-electron chi connectivity index (χ3n) is 27.7. The molecule has 6 aromatic carbocycles. The number of hydrogen-bond acceptors (Lipinski definition) is 16. The summed E-state index contributed by atoms with van der Waals surface area (Å²) in [5, 5.41) is 27.2. The number of carbonyl (C=O) groups excluding carboxylic acids is 6. The highest BCUT2D eigenvalue weighted by Gasteiger charge is 2.33. The third kappa shape index (κ3) is 35.9. The van der Waals surface area contributed by atoms with E-state index in [0.29, 0.717) is 169 Å². The molecule has 0 bridgehead atoms. The van der Waals surface area contributed by atoms with E-state index in [9.17, 15) is 38.3 Å². The molecular weight excluding hydrogens is 1960 g/mol. The van der Waals surface area contributed by atoms with Gasteiger partial charge in [0.25, 0.3) is 35.4 Å². The lowest BCUT2D eigenvalue weighted by Crippen LogP contribution is -2.43. The number of nitrogens with one attached hydrogen (secondary N) is 2. The molecule has 8 aromatic rings. The van der Waals surface area contributed by atoms with Gasteiger partial charge in [0.05, 0.1) is 32.8 Å². The quantitative estimate of drug-likeness (QED) is 0.0313. The van der Waals surface area contributed by atoms with E-state index in [1.54, 1.807) is 21.9 Å². The van der Waals surface area contributed by atoms with Gasteiger partial charge in [-0.3, -0.25) is 58.9 Å². The molecule has 3 saturated carbocycles. The fraction of sp³-hybridized carbons (Fsp3) is 0.474. The molecule has 3 aliphatic carbocycles. The fourth-order valence-corrected chi connectivity index (χ4v) is 20.7. The van der Waals surface area contributed by atoms with Crippen LogP contribution in [0.4, 0.5) is 4.39 Å². The lowest BCUT2D eigenvalue weighted by molar-refractivity contribution is -0.132. The number of nitrogens with zero attached hydrogens (tertiary/aromatic N) is 12. The van der Waals surface area contributed by atoms with Gasteiger partial charge < -0.3 is 48.7 Å². The van der Waals surface area contributed by atoms with Gasteiger partial charge in [-0.25, -0.2) is 4.39 Å². The van der Waals surface area contributed by atoms with Crippen LogP contribution in [0.15, 0.2) is 212 Å². The van der Waals surface area contributed by atoms with Gasteiger partial charge in [-0.1, -0.05) is 238 Å². The van der Waals surface area contributed by atoms with Gasteiger partial charge in [0, 0.05) is 215 Å². The lowest BCUT2D eigenvalue weighted by atomic mass is 9.87. The normalized spacial score (nSPS) is 16.7. The van der Waals surface area contributed by atoms with Crippen LogP contribution in [0, 0.1) is 43.3 Å². The van der Waals surface area contributed by atoms with Crippen LogP contribution < -0.4 is 0 Å². The largest absolute Gasteiger partial charge is 0.508 e. The van der Waals surface area contributed by atoms with Crippen LogP contribution in [0.3, 0.4) is 0 Å². The molecule has 8 heterocycles. The van der Waals surface area contributed by atoms with E-state index in [1.165, 1.54) is 96.0 Å². The van der Waals surface area contributed by atoms with Gasteiger partial charge in [0.15, 0.2) is 0 Å².